The average molecular weight is 449 g/mol. The van der Waals surface area contributed by atoms with E-state index in [9.17, 15) is 0 Å². The molecule has 6 rings (SSSR count). The van der Waals surface area contributed by atoms with E-state index in [-0.39, 0.29) is 0 Å². The van der Waals surface area contributed by atoms with Gasteiger partial charge in [-0.05, 0) is 39.2 Å². The van der Waals surface area contributed by atoms with Crippen LogP contribution in [0.3, 0.4) is 0 Å². The Bertz CT molecular complexity index is 1540. The van der Waals surface area contributed by atoms with Gasteiger partial charge in [0.05, 0.1) is 0 Å². The van der Waals surface area contributed by atoms with Crippen LogP contribution in [-0.4, -0.2) is 6.54 Å². The summed E-state index contributed by atoms with van der Waals surface area (Å²) in [5.41, 5.74) is 3.00. The predicted molar refractivity (Wildman–Crippen MR) is 140 cm³/mol. The van der Waals surface area contributed by atoms with Gasteiger partial charge in [0, 0.05) is 23.9 Å². The van der Waals surface area contributed by atoms with Gasteiger partial charge in [0.1, 0.15) is 11.2 Å². The van der Waals surface area contributed by atoms with Crippen LogP contribution in [-0.2, 0) is 6.54 Å². The lowest BCUT2D eigenvalue weighted by atomic mass is 9.99. The van der Waals surface area contributed by atoms with E-state index >= 15 is 0 Å². The monoisotopic (exact) mass is 449 g/mol. The summed E-state index contributed by atoms with van der Waals surface area (Å²) >= 11 is 0. The normalized spacial score (nSPS) is 11.7. The summed E-state index contributed by atoms with van der Waals surface area (Å²) in [7, 11) is -1.34. The van der Waals surface area contributed by atoms with Crippen LogP contribution in [0.2, 0.25) is 0 Å². The third-order valence-electron chi connectivity index (χ3n) is 6.19. The van der Waals surface area contributed by atoms with Crippen LogP contribution < -0.4 is 4.67 Å². The Morgan fingerprint density at radius 1 is 0.606 bits per heavy atom. The van der Waals surface area contributed by atoms with Gasteiger partial charge >= 0.3 is 8.16 Å². The van der Waals surface area contributed by atoms with Gasteiger partial charge < -0.3 is 8.39 Å². The third-order valence-corrected chi connectivity index (χ3v) is 7.78. The molecule has 0 aliphatic carbocycles. The van der Waals surface area contributed by atoms with E-state index in [0.717, 1.165) is 35.0 Å². The largest absolute Gasteiger partial charge is 0.408 e. The minimum atomic E-state index is -1.34. The van der Waals surface area contributed by atoms with Crippen LogP contribution in [0.15, 0.2) is 112 Å². The number of hydrogen-bond donors (Lipinski definition) is 0. The average Bonchev–Trinajstić information content (AvgIpc) is 3.05. The van der Waals surface area contributed by atoms with Crippen molar-refractivity contribution in [2.24, 2.45) is 0 Å². The zero-order valence-corrected chi connectivity index (χ0v) is 19.3. The number of fused-ring (bicyclic) bond motifs is 7. The highest BCUT2D eigenvalue weighted by Crippen LogP contribution is 2.42. The Balaban J connectivity index is 1.73. The van der Waals surface area contributed by atoms with E-state index in [4.69, 9.17) is 8.39 Å². The molecule has 1 heterocycles. The summed E-state index contributed by atoms with van der Waals surface area (Å²) in [6.07, 6.45) is 0. The van der Waals surface area contributed by atoms with Crippen molar-refractivity contribution in [2.45, 2.75) is 13.5 Å². The van der Waals surface area contributed by atoms with E-state index in [1.165, 1.54) is 27.1 Å². The van der Waals surface area contributed by atoms with Crippen molar-refractivity contribution in [3.63, 3.8) is 0 Å². The topological polar surface area (TPSA) is 29.5 Å². The quantitative estimate of drug-likeness (QED) is 0.269. The molecule has 0 saturated carbocycles. The molecule has 6 aromatic rings. The summed E-state index contributed by atoms with van der Waals surface area (Å²) in [5.74, 6) is 0. The third kappa shape index (κ3) is 3.60. The highest BCUT2D eigenvalue weighted by atomic mass is 31.1. The first-order valence-corrected chi connectivity index (χ1v) is 12.4. The van der Waals surface area contributed by atoms with Gasteiger partial charge in [-0.1, -0.05) is 97.9 Å². The predicted octanol–water partition coefficient (Wildman–Crippen LogP) is 8.75. The lowest BCUT2D eigenvalue weighted by Gasteiger charge is -2.16. The van der Waals surface area contributed by atoms with Gasteiger partial charge in [-0.3, -0.25) is 0 Å². The molecule has 33 heavy (non-hydrogen) atoms. The van der Waals surface area contributed by atoms with Gasteiger partial charge in [0.25, 0.3) is 0 Å². The van der Waals surface area contributed by atoms with Crippen molar-refractivity contribution in [3.8, 4) is 0 Å². The second-order valence-electron chi connectivity index (χ2n) is 8.21. The molecule has 0 aliphatic heterocycles. The van der Waals surface area contributed by atoms with Gasteiger partial charge in [-0.15, -0.1) is 0 Å². The van der Waals surface area contributed by atoms with Crippen molar-refractivity contribution >= 4 is 51.6 Å². The van der Waals surface area contributed by atoms with Crippen molar-refractivity contribution in [2.75, 3.05) is 11.2 Å². The SMILES string of the molecule is CCN(Cc1ccccc1)p1oc2ccc3ccccc3c2c2c(ccc3ccccc32)o1. The molecule has 1 aromatic heterocycles. The van der Waals surface area contributed by atoms with Crippen molar-refractivity contribution in [3.05, 3.63) is 109 Å². The Hall–Kier alpha value is -3.52. The summed E-state index contributed by atoms with van der Waals surface area (Å²) < 4.78 is 15.7. The lowest BCUT2D eigenvalue weighted by Crippen LogP contribution is -2.18. The lowest BCUT2D eigenvalue weighted by molar-refractivity contribution is 0.621. The first-order chi connectivity index (χ1) is 16.3. The van der Waals surface area contributed by atoms with Crippen LogP contribution in [0.1, 0.15) is 12.5 Å². The van der Waals surface area contributed by atoms with Crippen molar-refractivity contribution in [1.82, 2.24) is 0 Å². The maximum atomic E-state index is 6.69. The molecule has 0 N–H and O–H groups in total. The fourth-order valence-corrected chi connectivity index (χ4v) is 5.97. The molecule has 4 heteroatoms. The molecule has 0 spiro atoms. The fraction of sp³-hybridized carbons (Fsp3) is 0.103. The van der Waals surface area contributed by atoms with Crippen LogP contribution in [0, 0.1) is 0 Å². The van der Waals surface area contributed by atoms with E-state index < -0.39 is 8.16 Å². The summed E-state index contributed by atoms with van der Waals surface area (Å²) in [6.45, 7) is 3.76. The van der Waals surface area contributed by atoms with Crippen molar-refractivity contribution in [1.29, 1.82) is 0 Å². The second kappa shape index (κ2) is 8.44. The number of nitrogens with zero attached hydrogens (tertiary/aromatic N) is 1. The second-order valence-corrected chi connectivity index (χ2v) is 9.61. The number of hydrogen-bond acceptors (Lipinski definition) is 3. The molecule has 162 valence electrons. The van der Waals surface area contributed by atoms with E-state index in [2.05, 4.69) is 109 Å². The molecule has 5 aromatic carbocycles. The zero-order valence-electron chi connectivity index (χ0n) is 18.4. The fourth-order valence-electron chi connectivity index (χ4n) is 4.55. The Morgan fingerprint density at radius 2 is 1.12 bits per heavy atom. The first-order valence-electron chi connectivity index (χ1n) is 11.3. The van der Waals surface area contributed by atoms with Crippen LogP contribution >= 0.6 is 8.16 Å². The zero-order chi connectivity index (χ0) is 22.2. The highest BCUT2D eigenvalue weighted by Gasteiger charge is 2.16. The molecule has 0 saturated heterocycles. The van der Waals surface area contributed by atoms with Gasteiger partial charge in [-0.2, -0.15) is 4.67 Å². The van der Waals surface area contributed by atoms with Crippen molar-refractivity contribution < 1.29 is 8.39 Å². The number of benzene rings is 5. The van der Waals surface area contributed by atoms with Gasteiger partial charge in [-0.25, -0.2) is 0 Å². The van der Waals surface area contributed by atoms with Crippen LogP contribution in [0.5, 0.6) is 0 Å². The minimum absolute atomic E-state index is 0.773. The molecular formula is C29H24NO2P. The standard InChI is InChI=1S/C29H24NO2P/c1-2-30(20-21-10-4-3-5-11-21)33-31-26-18-16-22-12-6-8-14-24(22)28(26)29-25-15-9-7-13-23(25)17-19-27(29)32-33/h3-19H,2,20H2,1H3. The summed E-state index contributed by atoms with van der Waals surface area (Å²) in [5, 5.41) is 6.97. The Morgan fingerprint density at radius 3 is 1.67 bits per heavy atom. The highest BCUT2D eigenvalue weighted by molar-refractivity contribution is 7.38. The molecule has 0 bridgehead atoms. The Labute approximate surface area is 193 Å². The van der Waals surface area contributed by atoms with E-state index in [1.807, 2.05) is 6.07 Å². The molecule has 0 fully saturated rings. The maximum Gasteiger partial charge on any atom is 0.309 e. The van der Waals surface area contributed by atoms with E-state index in [0.29, 0.717) is 0 Å². The van der Waals surface area contributed by atoms with Gasteiger partial charge in [0.15, 0.2) is 0 Å². The molecule has 0 atom stereocenters. The first kappa shape index (κ1) is 20.1. The summed E-state index contributed by atoms with van der Waals surface area (Å²) in [4.78, 5) is 0. The molecule has 3 nitrogen and oxygen atoms in total. The van der Waals surface area contributed by atoms with E-state index in [1.54, 1.807) is 0 Å². The minimum Gasteiger partial charge on any atom is -0.408 e. The number of rotatable bonds is 4. The van der Waals surface area contributed by atoms with Crippen LogP contribution in [0.25, 0.3) is 43.5 Å². The van der Waals surface area contributed by atoms with Crippen LogP contribution in [0.4, 0.5) is 0 Å². The Kier molecular flexibility index (Phi) is 5.14. The molecule has 0 aliphatic rings. The molecule has 0 amide bonds. The van der Waals surface area contributed by atoms with Gasteiger partial charge in [0.2, 0.25) is 0 Å². The molecular weight excluding hydrogens is 425 g/mol. The molecule has 0 unspecified atom stereocenters. The maximum absolute atomic E-state index is 6.69. The summed E-state index contributed by atoms with van der Waals surface area (Å²) in [6, 6.07) is 36.0. The molecule has 0 radical (unpaired) electrons. The smallest absolute Gasteiger partial charge is 0.309 e.